The van der Waals surface area contributed by atoms with Crippen molar-refractivity contribution in [3.05, 3.63) is 22.4 Å². The summed E-state index contributed by atoms with van der Waals surface area (Å²) >= 11 is 3.16. The number of thiophene rings is 1. The quantitative estimate of drug-likeness (QED) is 0.881. The summed E-state index contributed by atoms with van der Waals surface area (Å²) in [6.07, 6.45) is 0.410. The number of morpholine rings is 1. The number of nitrogens with zero attached hydrogens (tertiary/aromatic N) is 1. The normalized spacial score (nSPS) is 17.8. The number of ether oxygens (including phenoxy) is 1. The minimum atomic E-state index is -0.0266. The van der Waals surface area contributed by atoms with E-state index in [0.29, 0.717) is 24.8 Å². The fraction of sp³-hybridized carbons (Fsp3) is 0.429. The third-order valence-electron chi connectivity index (χ3n) is 3.17. The molecule has 22 heavy (non-hydrogen) atoms. The molecule has 120 valence electrons. The highest BCUT2D eigenvalue weighted by atomic mass is 35.5. The van der Waals surface area contributed by atoms with E-state index >= 15 is 0 Å². The van der Waals surface area contributed by atoms with Gasteiger partial charge < -0.3 is 15.4 Å². The Kier molecular flexibility index (Phi) is 6.34. The standard InChI is InChI=1S/C14H17N3O2S2.ClH/c1-9-2-3-12(21-9)11-8-20-14(16-11)17-13(18)6-10-7-19-5-4-15-10;/h2-3,8,10,15H,4-7H2,1H3,(H,16,17,18);1H. The molecule has 8 heteroatoms. The maximum absolute atomic E-state index is 12.0. The molecule has 1 fully saturated rings. The maximum atomic E-state index is 12.0. The summed E-state index contributed by atoms with van der Waals surface area (Å²) in [5, 5.41) is 8.76. The predicted molar refractivity (Wildman–Crippen MR) is 93.3 cm³/mol. The second-order valence-electron chi connectivity index (χ2n) is 4.93. The van der Waals surface area contributed by atoms with Crippen LogP contribution in [0.4, 0.5) is 5.13 Å². The molecule has 0 spiro atoms. The molecule has 2 N–H and O–H groups in total. The zero-order chi connectivity index (χ0) is 14.7. The van der Waals surface area contributed by atoms with Crippen LogP contribution in [0.3, 0.4) is 0 Å². The highest BCUT2D eigenvalue weighted by Crippen LogP contribution is 2.30. The van der Waals surface area contributed by atoms with Crippen LogP contribution in [0, 0.1) is 6.92 Å². The van der Waals surface area contributed by atoms with Crippen LogP contribution in [-0.2, 0) is 9.53 Å². The molecule has 0 radical (unpaired) electrons. The summed E-state index contributed by atoms with van der Waals surface area (Å²) in [7, 11) is 0. The molecular formula is C14H18ClN3O2S2. The second kappa shape index (κ2) is 8.03. The SMILES string of the molecule is Cc1ccc(-c2csc(NC(=O)CC3COCCN3)n2)s1.Cl. The van der Waals surface area contributed by atoms with Gasteiger partial charge in [-0.2, -0.15) is 0 Å². The van der Waals surface area contributed by atoms with Crippen molar-refractivity contribution < 1.29 is 9.53 Å². The number of aromatic nitrogens is 1. The molecule has 1 amide bonds. The molecule has 1 atom stereocenters. The van der Waals surface area contributed by atoms with E-state index in [2.05, 4.69) is 34.7 Å². The zero-order valence-corrected chi connectivity index (χ0v) is 14.6. The summed E-state index contributed by atoms with van der Waals surface area (Å²) in [5.41, 5.74) is 0.924. The Morgan fingerprint density at radius 1 is 1.55 bits per heavy atom. The molecule has 1 aliphatic heterocycles. The van der Waals surface area contributed by atoms with E-state index in [1.165, 1.54) is 16.2 Å². The summed E-state index contributed by atoms with van der Waals surface area (Å²) in [4.78, 5) is 18.9. The first-order valence-electron chi connectivity index (χ1n) is 6.84. The number of carbonyl (C=O) groups excluding carboxylic acids is 1. The first kappa shape index (κ1) is 17.4. The molecule has 0 aromatic carbocycles. The molecule has 2 aromatic heterocycles. The van der Waals surface area contributed by atoms with Crippen molar-refractivity contribution in [2.24, 2.45) is 0 Å². The monoisotopic (exact) mass is 359 g/mol. The molecule has 1 unspecified atom stereocenters. The second-order valence-corrected chi connectivity index (χ2v) is 7.07. The Hall–Kier alpha value is -0.990. The highest BCUT2D eigenvalue weighted by molar-refractivity contribution is 7.17. The first-order valence-corrected chi connectivity index (χ1v) is 8.53. The van der Waals surface area contributed by atoms with E-state index in [1.54, 1.807) is 11.3 Å². The van der Waals surface area contributed by atoms with Crippen molar-refractivity contribution >= 4 is 46.1 Å². The van der Waals surface area contributed by atoms with Gasteiger partial charge >= 0.3 is 0 Å². The minimum Gasteiger partial charge on any atom is -0.378 e. The number of rotatable bonds is 4. The lowest BCUT2D eigenvalue weighted by Crippen LogP contribution is -2.43. The summed E-state index contributed by atoms with van der Waals surface area (Å²) in [6, 6.07) is 4.23. The van der Waals surface area contributed by atoms with Crippen molar-refractivity contribution in [3.63, 3.8) is 0 Å². The van der Waals surface area contributed by atoms with Crippen LogP contribution in [0.1, 0.15) is 11.3 Å². The van der Waals surface area contributed by atoms with Crippen molar-refractivity contribution in [2.45, 2.75) is 19.4 Å². The number of hydrogen-bond acceptors (Lipinski definition) is 6. The summed E-state index contributed by atoms with van der Waals surface area (Å²) < 4.78 is 5.34. The Morgan fingerprint density at radius 3 is 3.09 bits per heavy atom. The van der Waals surface area contributed by atoms with Gasteiger partial charge in [0.25, 0.3) is 0 Å². The Balaban J connectivity index is 0.00000176. The number of carbonyl (C=O) groups is 1. The molecule has 0 saturated carbocycles. The number of amides is 1. The van der Waals surface area contributed by atoms with Crippen LogP contribution in [0.2, 0.25) is 0 Å². The van der Waals surface area contributed by atoms with Crippen molar-refractivity contribution in [2.75, 3.05) is 25.1 Å². The van der Waals surface area contributed by atoms with Crippen molar-refractivity contribution in [1.82, 2.24) is 10.3 Å². The topological polar surface area (TPSA) is 63.2 Å². The van der Waals surface area contributed by atoms with E-state index in [9.17, 15) is 4.79 Å². The number of nitrogens with one attached hydrogen (secondary N) is 2. The molecule has 0 bridgehead atoms. The van der Waals surface area contributed by atoms with Crippen molar-refractivity contribution in [3.8, 4) is 10.6 Å². The van der Waals surface area contributed by atoms with Crippen LogP contribution in [0.25, 0.3) is 10.6 Å². The molecule has 3 heterocycles. The lowest BCUT2D eigenvalue weighted by Gasteiger charge is -2.22. The Bertz CT molecular complexity index is 623. The summed E-state index contributed by atoms with van der Waals surface area (Å²) in [6.45, 7) is 4.18. The first-order chi connectivity index (χ1) is 10.2. The van der Waals surface area contributed by atoms with Gasteiger partial charge in [0.1, 0.15) is 0 Å². The lowest BCUT2D eigenvalue weighted by molar-refractivity contribution is -0.117. The molecule has 1 saturated heterocycles. The van der Waals surface area contributed by atoms with Crippen molar-refractivity contribution in [1.29, 1.82) is 0 Å². The van der Waals surface area contributed by atoms with E-state index in [4.69, 9.17) is 4.74 Å². The zero-order valence-electron chi connectivity index (χ0n) is 12.1. The van der Waals surface area contributed by atoms with Gasteiger partial charge in [0, 0.05) is 29.3 Å². The number of thiazole rings is 1. The van der Waals surface area contributed by atoms with Crippen LogP contribution in [-0.4, -0.2) is 36.7 Å². The van der Waals surface area contributed by atoms with Gasteiger partial charge in [0.15, 0.2) is 5.13 Å². The number of hydrogen-bond donors (Lipinski definition) is 2. The van der Waals surface area contributed by atoms with Gasteiger partial charge in [0.2, 0.25) is 5.91 Å². The van der Waals surface area contributed by atoms with Gasteiger partial charge in [0.05, 0.1) is 23.8 Å². The molecule has 3 rings (SSSR count). The number of aryl methyl sites for hydroxylation is 1. The van der Waals surface area contributed by atoms with Gasteiger partial charge in [-0.3, -0.25) is 4.79 Å². The van der Waals surface area contributed by atoms with E-state index in [0.717, 1.165) is 17.1 Å². The Morgan fingerprint density at radius 2 is 2.41 bits per heavy atom. The van der Waals surface area contributed by atoms with Gasteiger partial charge in [-0.1, -0.05) is 0 Å². The molecule has 1 aliphatic rings. The number of halogens is 1. The third kappa shape index (κ3) is 4.50. The predicted octanol–water partition coefficient (Wildman–Crippen LogP) is 2.92. The highest BCUT2D eigenvalue weighted by Gasteiger charge is 2.17. The molecule has 2 aromatic rings. The van der Waals surface area contributed by atoms with Gasteiger partial charge in [-0.25, -0.2) is 4.98 Å². The van der Waals surface area contributed by atoms with Crippen LogP contribution in [0.5, 0.6) is 0 Å². The summed E-state index contributed by atoms with van der Waals surface area (Å²) in [5.74, 6) is -0.0266. The van der Waals surface area contributed by atoms with Crippen LogP contribution in [0.15, 0.2) is 17.5 Å². The minimum absolute atomic E-state index is 0. The van der Waals surface area contributed by atoms with Gasteiger partial charge in [-0.05, 0) is 19.1 Å². The van der Waals surface area contributed by atoms with Crippen LogP contribution >= 0.6 is 35.1 Å². The van der Waals surface area contributed by atoms with E-state index < -0.39 is 0 Å². The maximum Gasteiger partial charge on any atom is 0.227 e. The third-order valence-corrected chi connectivity index (χ3v) is 4.95. The smallest absolute Gasteiger partial charge is 0.227 e. The fourth-order valence-electron chi connectivity index (χ4n) is 2.16. The van der Waals surface area contributed by atoms with E-state index in [-0.39, 0.29) is 24.4 Å². The largest absolute Gasteiger partial charge is 0.378 e. The van der Waals surface area contributed by atoms with Crippen LogP contribution < -0.4 is 10.6 Å². The van der Waals surface area contributed by atoms with Gasteiger partial charge in [-0.15, -0.1) is 35.1 Å². The fourth-order valence-corrected chi connectivity index (χ4v) is 3.79. The average Bonchev–Trinajstić information content (AvgIpc) is 3.09. The Labute approximate surface area is 143 Å². The molecule has 0 aliphatic carbocycles. The molecule has 5 nitrogen and oxygen atoms in total. The lowest BCUT2D eigenvalue weighted by atomic mass is 10.2. The molecular weight excluding hydrogens is 342 g/mol. The van der Waals surface area contributed by atoms with E-state index in [1.807, 2.05) is 5.38 Å². The number of anilines is 1. The average molecular weight is 360 g/mol.